The Labute approximate surface area is 171 Å². The number of nitrogens with one attached hydrogen (secondary N) is 2. The summed E-state index contributed by atoms with van der Waals surface area (Å²) in [7, 11) is 0. The predicted molar refractivity (Wildman–Crippen MR) is 104 cm³/mol. The molecule has 0 unspecified atom stereocenters. The highest BCUT2D eigenvalue weighted by Gasteiger charge is 2.16. The van der Waals surface area contributed by atoms with Gasteiger partial charge in [0.25, 0.3) is 0 Å². The number of aromatic nitrogens is 4. The van der Waals surface area contributed by atoms with Gasteiger partial charge in [-0.25, -0.2) is 24.2 Å². The number of carboxylic acids is 2. The van der Waals surface area contributed by atoms with Gasteiger partial charge in [0.1, 0.15) is 22.6 Å². The molecule has 13 heteroatoms. The van der Waals surface area contributed by atoms with Crippen LogP contribution in [0.2, 0.25) is 0 Å². The van der Waals surface area contributed by atoms with E-state index in [4.69, 9.17) is 10.2 Å². The predicted octanol–water partition coefficient (Wildman–Crippen LogP) is 2.31. The number of aromatic carboxylic acids is 2. The number of aromatic hydroxyl groups is 2. The Morgan fingerprint density at radius 3 is 1.52 bits per heavy atom. The van der Waals surface area contributed by atoms with Crippen molar-refractivity contribution in [3.05, 3.63) is 47.5 Å². The summed E-state index contributed by atoms with van der Waals surface area (Å²) in [5.41, 5.74) is 0.173. The van der Waals surface area contributed by atoms with Gasteiger partial charge < -0.3 is 31.1 Å². The van der Waals surface area contributed by atoms with Crippen LogP contribution >= 0.6 is 0 Å². The Morgan fingerprint density at radius 2 is 1.16 bits per heavy atom. The van der Waals surface area contributed by atoms with E-state index < -0.39 is 23.4 Å². The van der Waals surface area contributed by atoms with Crippen molar-refractivity contribution in [3.63, 3.8) is 0 Å². The molecule has 0 bridgehead atoms. The van der Waals surface area contributed by atoms with Gasteiger partial charge in [0.2, 0.25) is 11.3 Å². The van der Waals surface area contributed by atoms with Crippen molar-refractivity contribution in [2.75, 3.05) is 10.6 Å². The average Bonchev–Trinajstić information content (AvgIpc) is 3.15. The highest BCUT2D eigenvalue weighted by molar-refractivity contribution is 5.92. The molecule has 0 amide bonds. The SMILES string of the molecule is O=C(O)c1ccc(Nc2nc3nonc3nc2Nc2ccc(C(=O)O)c(O)c2)cc1O. The van der Waals surface area contributed by atoms with E-state index in [-0.39, 0.29) is 34.1 Å². The van der Waals surface area contributed by atoms with Crippen molar-refractivity contribution in [1.29, 1.82) is 0 Å². The van der Waals surface area contributed by atoms with E-state index in [2.05, 4.69) is 35.5 Å². The van der Waals surface area contributed by atoms with Gasteiger partial charge in [0.15, 0.2) is 11.6 Å². The molecule has 13 nitrogen and oxygen atoms in total. The molecule has 0 aliphatic carbocycles. The molecule has 0 spiro atoms. The van der Waals surface area contributed by atoms with Crippen LogP contribution in [0.3, 0.4) is 0 Å². The fraction of sp³-hybridized carbons (Fsp3) is 0. The zero-order valence-electron chi connectivity index (χ0n) is 15.3. The number of rotatable bonds is 6. The molecule has 0 aliphatic rings. The number of phenols is 2. The Hall–Kier alpha value is -4.94. The van der Waals surface area contributed by atoms with Crippen LogP contribution in [-0.2, 0) is 0 Å². The molecule has 0 fully saturated rings. The van der Waals surface area contributed by atoms with Gasteiger partial charge in [0, 0.05) is 23.5 Å². The van der Waals surface area contributed by atoms with Crippen LogP contribution in [0.5, 0.6) is 11.5 Å². The number of carboxylic acid groups (broad SMARTS) is 2. The Bertz CT molecular complexity index is 1240. The van der Waals surface area contributed by atoms with Gasteiger partial charge in [-0.15, -0.1) is 0 Å². The molecule has 2 heterocycles. The molecule has 4 aromatic rings. The standard InChI is InChI=1S/C18H12N6O7/c25-11-5-7(1-3-9(11)17(27)28)19-13-14(22-16-15(21-13)23-31-24-16)20-8-2-4-10(18(29)30)12(26)6-8/h1-6,25-26H,(H,27,28)(H,29,30)(H,19,21,23)(H,20,22,24). The quantitative estimate of drug-likeness (QED) is 0.263. The second-order valence-electron chi connectivity index (χ2n) is 6.16. The van der Waals surface area contributed by atoms with Crippen LogP contribution in [-0.4, -0.2) is 52.6 Å². The lowest BCUT2D eigenvalue weighted by molar-refractivity contribution is 0.0682. The Kier molecular flexibility index (Phi) is 4.67. The van der Waals surface area contributed by atoms with E-state index in [1.54, 1.807) is 0 Å². The summed E-state index contributed by atoms with van der Waals surface area (Å²) in [6, 6.07) is 7.61. The van der Waals surface area contributed by atoms with Crippen LogP contribution in [0.15, 0.2) is 41.0 Å². The van der Waals surface area contributed by atoms with Crippen LogP contribution in [0.4, 0.5) is 23.0 Å². The van der Waals surface area contributed by atoms with Crippen LogP contribution < -0.4 is 10.6 Å². The molecule has 6 N–H and O–H groups in total. The molecule has 2 aromatic carbocycles. The average molecular weight is 424 g/mol. The van der Waals surface area contributed by atoms with Crippen molar-refractivity contribution in [3.8, 4) is 11.5 Å². The molecular formula is C18H12N6O7. The lowest BCUT2D eigenvalue weighted by Crippen LogP contribution is -2.04. The van der Waals surface area contributed by atoms with Crippen molar-refractivity contribution < 1.29 is 34.6 Å². The van der Waals surface area contributed by atoms with Gasteiger partial charge in [-0.1, -0.05) is 0 Å². The third kappa shape index (κ3) is 3.82. The van der Waals surface area contributed by atoms with Gasteiger partial charge in [0.05, 0.1) is 0 Å². The van der Waals surface area contributed by atoms with Crippen molar-refractivity contribution in [2.45, 2.75) is 0 Å². The second-order valence-corrected chi connectivity index (χ2v) is 6.16. The third-order valence-corrected chi connectivity index (χ3v) is 4.10. The molecule has 4 rings (SSSR count). The molecule has 0 atom stereocenters. The molecule has 0 aliphatic heterocycles. The van der Waals surface area contributed by atoms with Crippen LogP contribution in [0.1, 0.15) is 20.7 Å². The zero-order chi connectivity index (χ0) is 22.1. The van der Waals surface area contributed by atoms with E-state index in [1.165, 1.54) is 36.4 Å². The fourth-order valence-electron chi connectivity index (χ4n) is 2.67. The summed E-state index contributed by atoms with van der Waals surface area (Å²) in [5, 5.41) is 50.8. The zero-order valence-corrected chi connectivity index (χ0v) is 15.3. The van der Waals surface area contributed by atoms with E-state index in [0.717, 1.165) is 0 Å². The molecule has 2 aromatic heterocycles. The van der Waals surface area contributed by atoms with E-state index in [0.29, 0.717) is 11.4 Å². The smallest absolute Gasteiger partial charge is 0.339 e. The van der Waals surface area contributed by atoms with Gasteiger partial charge in [-0.05, 0) is 34.6 Å². The van der Waals surface area contributed by atoms with E-state index in [9.17, 15) is 19.8 Å². The molecular weight excluding hydrogens is 412 g/mol. The maximum absolute atomic E-state index is 11.1. The number of hydrogen-bond donors (Lipinski definition) is 6. The minimum atomic E-state index is -1.29. The Balaban J connectivity index is 1.71. The number of benzene rings is 2. The summed E-state index contributed by atoms with van der Waals surface area (Å²) in [6.07, 6.45) is 0. The fourth-order valence-corrected chi connectivity index (χ4v) is 2.67. The monoisotopic (exact) mass is 424 g/mol. The van der Waals surface area contributed by atoms with Gasteiger partial charge in [-0.3, -0.25) is 0 Å². The van der Waals surface area contributed by atoms with E-state index >= 15 is 0 Å². The molecule has 0 saturated carbocycles. The molecule has 156 valence electrons. The maximum Gasteiger partial charge on any atom is 0.339 e. The first-order valence-corrected chi connectivity index (χ1v) is 8.49. The van der Waals surface area contributed by atoms with Gasteiger partial charge >= 0.3 is 11.9 Å². The number of hydrogen-bond acceptors (Lipinski definition) is 11. The summed E-state index contributed by atoms with van der Waals surface area (Å²) in [4.78, 5) is 30.6. The number of carbonyl (C=O) groups is 2. The van der Waals surface area contributed by atoms with Crippen LogP contribution in [0, 0.1) is 0 Å². The summed E-state index contributed by atoms with van der Waals surface area (Å²) < 4.78 is 4.61. The van der Waals surface area contributed by atoms with Crippen molar-refractivity contribution in [2.24, 2.45) is 0 Å². The Morgan fingerprint density at radius 1 is 0.742 bits per heavy atom. The number of nitrogens with zero attached hydrogens (tertiary/aromatic N) is 4. The summed E-state index contributed by atoms with van der Waals surface area (Å²) >= 11 is 0. The summed E-state index contributed by atoms with van der Waals surface area (Å²) in [5.74, 6) is -3.28. The first-order valence-electron chi connectivity index (χ1n) is 8.49. The van der Waals surface area contributed by atoms with Crippen LogP contribution in [0.25, 0.3) is 11.3 Å². The highest BCUT2D eigenvalue weighted by atomic mass is 16.6. The second kappa shape index (κ2) is 7.47. The van der Waals surface area contributed by atoms with E-state index in [1.807, 2.05) is 0 Å². The lowest BCUT2D eigenvalue weighted by atomic mass is 10.2. The minimum absolute atomic E-state index is 0.0727. The summed E-state index contributed by atoms with van der Waals surface area (Å²) in [6.45, 7) is 0. The maximum atomic E-state index is 11.1. The van der Waals surface area contributed by atoms with Crippen molar-refractivity contribution >= 4 is 46.2 Å². The number of fused-ring (bicyclic) bond motifs is 1. The highest BCUT2D eigenvalue weighted by Crippen LogP contribution is 2.31. The first kappa shape index (κ1) is 19.4. The molecule has 0 radical (unpaired) electrons. The normalized spacial score (nSPS) is 10.7. The molecule has 0 saturated heterocycles. The lowest BCUT2D eigenvalue weighted by Gasteiger charge is -2.13. The first-order chi connectivity index (χ1) is 14.8. The largest absolute Gasteiger partial charge is 0.507 e. The topological polar surface area (TPSA) is 204 Å². The minimum Gasteiger partial charge on any atom is -0.507 e. The number of anilines is 4. The third-order valence-electron chi connectivity index (χ3n) is 4.10. The van der Waals surface area contributed by atoms with Crippen molar-refractivity contribution in [1.82, 2.24) is 20.3 Å². The van der Waals surface area contributed by atoms with Gasteiger partial charge in [-0.2, -0.15) is 0 Å². The molecule has 31 heavy (non-hydrogen) atoms.